The van der Waals surface area contributed by atoms with Crippen LogP contribution in [0.5, 0.6) is 0 Å². The molecular formula is C20H23Cl2N3O2S. The van der Waals surface area contributed by atoms with E-state index in [-0.39, 0.29) is 11.8 Å². The monoisotopic (exact) mass is 439 g/mol. The van der Waals surface area contributed by atoms with Crippen molar-refractivity contribution in [3.63, 3.8) is 0 Å². The maximum Gasteiger partial charge on any atom is 0.265 e. The van der Waals surface area contributed by atoms with Gasteiger partial charge in [0.15, 0.2) is 0 Å². The number of piperazine rings is 1. The third-order valence-corrected chi connectivity index (χ3v) is 7.41. The Bertz CT molecular complexity index is 887. The number of rotatable bonds is 4. The Hall–Kier alpha value is -1.34. The zero-order chi connectivity index (χ0) is 19.7. The first kappa shape index (κ1) is 20.0. The van der Waals surface area contributed by atoms with Gasteiger partial charge < -0.3 is 10.2 Å². The molecule has 1 N–H and O–H groups in total. The molecule has 2 heterocycles. The summed E-state index contributed by atoms with van der Waals surface area (Å²) in [7, 11) is 0. The molecule has 0 unspecified atom stereocenters. The molecule has 4 rings (SSSR count). The number of thiophene rings is 1. The van der Waals surface area contributed by atoms with Gasteiger partial charge in [-0.3, -0.25) is 14.5 Å². The number of benzene rings is 1. The first-order valence-electron chi connectivity index (χ1n) is 9.70. The average molecular weight is 440 g/mol. The minimum Gasteiger partial charge on any atom is -0.352 e. The van der Waals surface area contributed by atoms with Gasteiger partial charge in [0.2, 0.25) is 5.91 Å². The van der Waals surface area contributed by atoms with Crippen LogP contribution < -0.4 is 5.32 Å². The van der Waals surface area contributed by atoms with Gasteiger partial charge in [0, 0.05) is 47.3 Å². The number of hydrogen-bond donors (Lipinski definition) is 1. The lowest BCUT2D eigenvalue weighted by Gasteiger charge is -2.34. The lowest BCUT2D eigenvalue weighted by atomic mass is 10.2. The molecule has 2 aromatic rings. The fourth-order valence-corrected chi connectivity index (χ4v) is 5.73. The molecule has 2 amide bonds. The highest BCUT2D eigenvalue weighted by molar-refractivity contribution is 7.21. The quantitative estimate of drug-likeness (QED) is 0.782. The summed E-state index contributed by atoms with van der Waals surface area (Å²) in [5.74, 6) is 0.0495. The molecule has 28 heavy (non-hydrogen) atoms. The van der Waals surface area contributed by atoms with Gasteiger partial charge in [-0.15, -0.1) is 11.3 Å². The predicted molar refractivity (Wildman–Crippen MR) is 115 cm³/mol. The highest BCUT2D eigenvalue weighted by atomic mass is 35.5. The second kappa shape index (κ2) is 8.57. The molecule has 1 aromatic heterocycles. The molecule has 1 saturated carbocycles. The molecule has 0 atom stereocenters. The van der Waals surface area contributed by atoms with Crippen LogP contribution >= 0.6 is 34.5 Å². The number of amides is 2. The second-order valence-electron chi connectivity index (χ2n) is 7.50. The summed E-state index contributed by atoms with van der Waals surface area (Å²) in [5.41, 5.74) is 0. The fraction of sp³-hybridized carbons (Fsp3) is 0.500. The lowest BCUT2D eigenvalue weighted by Crippen LogP contribution is -2.51. The standard InChI is InChI=1S/C20H23Cl2N3O2S/c21-13-5-6-15-16(11-13)28-19(18(15)22)20(27)25-9-7-24(8-10-25)12-17(26)23-14-3-1-2-4-14/h5-6,11,14H,1-4,7-10,12H2,(H,23,26). The number of fused-ring (bicyclic) bond motifs is 1. The van der Waals surface area contributed by atoms with Crippen molar-refractivity contribution in [3.05, 3.63) is 33.1 Å². The summed E-state index contributed by atoms with van der Waals surface area (Å²) < 4.78 is 0.920. The molecular weight excluding hydrogens is 417 g/mol. The van der Waals surface area contributed by atoms with Crippen molar-refractivity contribution in [2.24, 2.45) is 0 Å². The van der Waals surface area contributed by atoms with E-state index in [9.17, 15) is 9.59 Å². The third-order valence-electron chi connectivity index (χ3n) is 5.53. The van der Waals surface area contributed by atoms with Crippen LogP contribution in [-0.4, -0.2) is 60.4 Å². The van der Waals surface area contributed by atoms with E-state index in [1.54, 1.807) is 6.07 Å². The van der Waals surface area contributed by atoms with Crippen molar-refractivity contribution in [2.45, 2.75) is 31.7 Å². The maximum atomic E-state index is 13.0. The van der Waals surface area contributed by atoms with Gasteiger partial charge in [-0.2, -0.15) is 0 Å². The minimum atomic E-state index is -0.0441. The summed E-state index contributed by atoms with van der Waals surface area (Å²) >= 11 is 13.9. The normalized spacial score (nSPS) is 18.7. The number of carbonyl (C=O) groups is 2. The zero-order valence-electron chi connectivity index (χ0n) is 15.5. The molecule has 1 aromatic carbocycles. The predicted octanol–water partition coefficient (Wildman–Crippen LogP) is 4.02. The summed E-state index contributed by atoms with van der Waals surface area (Å²) in [5, 5.41) is 5.12. The van der Waals surface area contributed by atoms with Crippen molar-refractivity contribution in [1.29, 1.82) is 0 Å². The van der Waals surface area contributed by atoms with Crippen LogP contribution in [0.25, 0.3) is 10.1 Å². The lowest BCUT2D eigenvalue weighted by molar-refractivity contribution is -0.123. The summed E-state index contributed by atoms with van der Waals surface area (Å²) in [6.07, 6.45) is 4.60. The van der Waals surface area contributed by atoms with Gasteiger partial charge in [0.05, 0.1) is 11.6 Å². The van der Waals surface area contributed by atoms with Crippen LogP contribution in [0.2, 0.25) is 10.0 Å². The second-order valence-corrected chi connectivity index (χ2v) is 9.37. The molecule has 150 valence electrons. The Labute approximate surface area is 178 Å². The van der Waals surface area contributed by atoms with Gasteiger partial charge in [-0.1, -0.05) is 42.1 Å². The fourth-order valence-electron chi connectivity index (χ4n) is 3.98. The van der Waals surface area contributed by atoms with Crippen LogP contribution in [-0.2, 0) is 4.79 Å². The van der Waals surface area contributed by atoms with Crippen LogP contribution in [0.1, 0.15) is 35.4 Å². The van der Waals surface area contributed by atoms with Gasteiger partial charge in [0.1, 0.15) is 4.88 Å². The number of hydrogen-bond acceptors (Lipinski definition) is 4. The van der Waals surface area contributed by atoms with E-state index < -0.39 is 0 Å². The maximum absolute atomic E-state index is 13.0. The van der Waals surface area contributed by atoms with Gasteiger partial charge in [0.25, 0.3) is 5.91 Å². The van der Waals surface area contributed by atoms with Crippen LogP contribution in [0, 0.1) is 0 Å². The number of carbonyl (C=O) groups excluding carboxylic acids is 2. The Balaban J connectivity index is 1.34. The summed E-state index contributed by atoms with van der Waals surface area (Å²) in [6, 6.07) is 5.82. The Morgan fingerprint density at radius 1 is 1.11 bits per heavy atom. The first-order valence-corrected chi connectivity index (χ1v) is 11.3. The largest absolute Gasteiger partial charge is 0.352 e. The van der Waals surface area contributed by atoms with E-state index in [2.05, 4.69) is 10.2 Å². The van der Waals surface area contributed by atoms with E-state index in [1.165, 1.54) is 24.2 Å². The highest BCUT2D eigenvalue weighted by Crippen LogP contribution is 2.37. The summed E-state index contributed by atoms with van der Waals surface area (Å²) in [6.45, 7) is 2.98. The highest BCUT2D eigenvalue weighted by Gasteiger charge is 2.27. The van der Waals surface area contributed by atoms with Crippen LogP contribution in [0.15, 0.2) is 18.2 Å². The molecule has 0 radical (unpaired) electrons. The number of halogens is 2. The molecule has 5 nitrogen and oxygen atoms in total. The van der Waals surface area contributed by atoms with Crippen molar-refractivity contribution >= 4 is 56.4 Å². The van der Waals surface area contributed by atoms with Crippen molar-refractivity contribution in [3.8, 4) is 0 Å². The van der Waals surface area contributed by atoms with E-state index in [4.69, 9.17) is 23.2 Å². The molecule has 8 heteroatoms. The minimum absolute atomic E-state index is 0.0441. The van der Waals surface area contributed by atoms with Crippen molar-refractivity contribution in [1.82, 2.24) is 15.1 Å². The molecule has 0 spiro atoms. The summed E-state index contributed by atoms with van der Waals surface area (Å²) in [4.78, 5) is 29.7. The Kier molecular flexibility index (Phi) is 6.11. The van der Waals surface area contributed by atoms with Crippen molar-refractivity contribution < 1.29 is 9.59 Å². The number of nitrogens with zero attached hydrogens (tertiary/aromatic N) is 2. The van der Waals surface area contributed by atoms with E-state index in [1.807, 2.05) is 17.0 Å². The van der Waals surface area contributed by atoms with E-state index in [0.717, 1.165) is 22.9 Å². The first-order chi connectivity index (χ1) is 13.5. The van der Waals surface area contributed by atoms with Gasteiger partial charge in [-0.25, -0.2) is 0 Å². The van der Waals surface area contributed by atoms with Gasteiger partial charge in [-0.05, 0) is 25.0 Å². The topological polar surface area (TPSA) is 52.7 Å². The number of nitrogens with one attached hydrogen (secondary N) is 1. The van der Waals surface area contributed by atoms with E-state index >= 15 is 0 Å². The molecule has 0 bridgehead atoms. The smallest absolute Gasteiger partial charge is 0.265 e. The van der Waals surface area contributed by atoms with Gasteiger partial charge >= 0.3 is 0 Å². The molecule has 1 aliphatic carbocycles. The Morgan fingerprint density at radius 3 is 2.54 bits per heavy atom. The molecule has 2 fully saturated rings. The average Bonchev–Trinajstić information content (AvgIpc) is 3.29. The van der Waals surface area contributed by atoms with Crippen LogP contribution in [0.3, 0.4) is 0 Å². The third kappa shape index (κ3) is 4.30. The van der Waals surface area contributed by atoms with Crippen LogP contribution in [0.4, 0.5) is 0 Å². The van der Waals surface area contributed by atoms with Crippen molar-refractivity contribution in [2.75, 3.05) is 32.7 Å². The molecule has 1 aliphatic heterocycles. The Morgan fingerprint density at radius 2 is 1.82 bits per heavy atom. The van der Waals surface area contributed by atoms with E-state index in [0.29, 0.717) is 53.7 Å². The SMILES string of the molecule is O=C(CN1CCN(C(=O)c2sc3cc(Cl)ccc3c2Cl)CC1)NC1CCCC1. The zero-order valence-corrected chi connectivity index (χ0v) is 17.9. The molecule has 2 aliphatic rings. The molecule has 1 saturated heterocycles.